The Bertz CT molecular complexity index is 700. The van der Waals surface area contributed by atoms with E-state index in [1.54, 1.807) is 12.1 Å². The van der Waals surface area contributed by atoms with Gasteiger partial charge in [0.25, 0.3) is 0 Å². The maximum atomic E-state index is 11.9. The Hall–Kier alpha value is -1.56. The molecule has 0 saturated carbocycles. The van der Waals surface area contributed by atoms with Crippen molar-refractivity contribution in [2.24, 2.45) is 0 Å². The number of carbonyl (C=O) groups is 1. The first kappa shape index (κ1) is 18.8. The zero-order valence-corrected chi connectivity index (χ0v) is 15.9. The molecule has 2 aromatic carbocycles. The van der Waals surface area contributed by atoms with Gasteiger partial charge in [0.05, 0.1) is 5.75 Å². The van der Waals surface area contributed by atoms with Crippen LogP contribution in [0.15, 0.2) is 53.4 Å². The van der Waals surface area contributed by atoms with Crippen LogP contribution in [-0.4, -0.2) is 16.8 Å². The van der Waals surface area contributed by atoms with Crippen molar-refractivity contribution in [3.8, 4) is 0 Å². The SMILES string of the molecule is CC(C)c1ccc(NC(=S)NC(=O)CSc2ccc(Cl)cc2)cc1. The standard InChI is InChI=1S/C18H19ClN2OS2/c1-12(2)13-3-7-15(8-4-13)20-18(23)21-17(22)11-24-16-9-5-14(19)6-10-16/h3-10,12H,11H2,1-2H3,(H2,20,21,22,23). The minimum atomic E-state index is -0.147. The molecule has 0 saturated heterocycles. The van der Waals surface area contributed by atoms with Crippen LogP contribution in [0.5, 0.6) is 0 Å². The van der Waals surface area contributed by atoms with Crippen LogP contribution in [0.25, 0.3) is 0 Å². The Morgan fingerprint density at radius 2 is 1.75 bits per heavy atom. The molecule has 0 spiro atoms. The Labute approximate surface area is 157 Å². The summed E-state index contributed by atoms with van der Waals surface area (Å²) in [6, 6.07) is 15.4. The minimum absolute atomic E-state index is 0.147. The molecule has 0 heterocycles. The van der Waals surface area contributed by atoms with Crippen molar-refractivity contribution < 1.29 is 4.79 Å². The summed E-state index contributed by atoms with van der Waals surface area (Å²) in [4.78, 5) is 12.9. The second-order valence-corrected chi connectivity index (χ2v) is 7.42. The van der Waals surface area contributed by atoms with Crippen LogP contribution in [0.1, 0.15) is 25.3 Å². The summed E-state index contributed by atoms with van der Waals surface area (Å²) >= 11 is 12.4. The molecule has 6 heteroatoms. The highest BCUT2D eigenvalue weighted by Gasteiger charge is 2.06. The van der Waals surface area contributed by atoms with Gasteiger partial charge in [-0.15, -0.1) is 11.8 Å². The zero-order valence-electron chi connectivity index (χ0n) is 13.5. The van der Waals surface area contributed by atoms with Gasteiger partial charge in [-0.25, -0.2) is 0 Å². The third kappa shape index (κ3) is 6.15. The molecule has 24 heavy (non-hydrogen) atoms. The second-order valence-electron chi connectivity index (χ2n) is 5.52. The van der Waals surface area contributed by atoms with Gasteiger partial charge in [0.2, 0.25) is 5.91 Å². The van der Waals surface area contributed by atoms with Crippen molar-refractivity contribution in [1.82, 2.24) is 5.32 Å². The Balaban J connectivity index is 1.78. The second kappa shape index (κ2) is 9.06. The predicted octanol–water partition coefficient (Wildman–Crippen LogP) is 5.07. The predicted molar refractivity (Wildman–Crippen MR) is 107 cm³/mol. The molecule has 126 valence electrons. The van der Waals surface area contributed by atoms with Gasteiger partial charge in [-0.05, 0) is 60.1 Å². The molecule has 2 rings (SSSR count). The van der Waals surface area contributed by atoms with Gasteiger partial charge in [-0.3, -0.25) is 4.79 Å². The minimum Gasteiger partial charge on any atom is -0.332 e. The number of halogens is 1. The molecular weight excluding hydrogens is 360 g/mol. The number of nitrogens with one attached hydrogen (secondary N) is 2. The van der Waals surface area contributed by atoms with E-state index in [0.717, 1.165) is 10.6 Å². The topological polar surface area (TPSA) is 41.1 Å². The lowest BCUT2D eigenvalue weighted by Gasteiger charge is -2.11. The normalized spacial score (nSPS) is 10.5. The number of anilines is 1. The molecule has 0 fully saturated rings. The van der Waals surface area contributed by atoms with Crippen LogP contribution in [0.4, 0.5) is 5.69 Å². The molecule has 0 aliphatic heterocycles. The number of benzene rings is 2. The Morgan fingerprint density at radius 1 is 1.12 bits per heavy atom. The summed E-state index contributed by atoms with van der Waals surface area (Å²) in [6.07, 6.45) is 0. The van der Waals surface area contributed by atoms with E-state index >= 15 is 0 Å². The van der Waals surface area contributed by atoms with Gasteiger partial charge in [-0.2, -0.15) is 0 Å². The number of hydrogen-bond acceptors (Lipinski definition) is 3. The largest absolute Gasteiger partial charge is 0.332 e. The van der Waals surface area contributed by atoms with Crippen molar-refractivity contribution in [3.63, 3.8) is 0 Å². The molecular formula is C18H19ClN2OS2. The lowest BCUT2D eigenvalue weighted by molar-refractivity contribution is -0.117. The molecule has 0 unspecified atom stereocenters. The molecule has 0 bridgehead atoms. The monoisotopic (exact) mass is 378 g/mol. The smallest absolute Gasteiger partial charge is 0.236 e. The first-order chi connectivity index (χ1) is 11.4. The highest BCUT2D eigenvalue weighted by molar-refractivity contribution is 8.00. The molecule has 0 aliphatic carbocycles. The first-order valence-electron chi connectivity index (χ1n) is 7.53. The van der Waals surface area contributed by atoms with E-state index < -0.39 is 0 Å². The number of rotatable bonds is 5. The maximum Gasteiger partial charge on any atom is 0.236 e. The van der Waals surface area contributed by atoms with Crippen LogP contribution < -0.4 is 10.6 Å². The van der Waals surface area contributed by atoms with Crippen molar-refractivity contribution in [3.05, 3.63) is 59.1 Å². The number of amides is 1. The van der Waals surface area contributed by atoms with Gasteiger partial charge in [0.1, 0.15) is 0 Å². The molecule has 0 radical (unpaired) electrons. The molecule has 0 aromatic heterocycles. The third-order valence-corrected chi connectivity index (χ3v) is 4.74. The van der Waals surface area contributed by atoms with Gasteiger partial charge < -0.3 is 10.6 Å². The van der Waals surface area contributed by atoms with E-state index in [1.807, 2.05) is 36.4 Å². The average molecular weight is 379 g/mol. The van der Waals surface area contributed by atoms with Crippen molar-refractivity contribution in [2.75, 3.05) is 11.1 Å². The Morgan fingerprint density at radius 3 is 2.33 bits per heavy atom. The van der Waals surface area contributed by atoms with Crippen LogP contribution in [0.2, 0.25) is 5.02 Å². The summed E-state index contributed by atoms with van der Waals surface area (Å²) < 4.78 is 0. The average Bonchev–Trinajstić information content (AvgIpc) is 2.54. The summed E-state index contributed by atoms with van der Waals surface area (Å²) in [5, 5.41) is 6.68. The summed E-state index contributed by atoms with van der Waals surface area (Å²) in [7, 11) is 0. The van der Waals surface area contributed by atoms with Crippen molar-refractivity contribution >= 4 is 52.3 Å². The third-order valence-electron chi connectivity index (χ3n) is 3.27. The quantitative estimate of drug-likeness (QED) is 0.563. The summed E-state index contributed by atoms with van der Waals surface area (Å²) in [5.41, 5.74) is 2.12. The molecule has 2 N–H and O–H groups in total. The van der Waals surface area contributed by atoms with Gasteiger partial charge >= 0.3 is 0 Å². The van der Waals surface area contributed by atoms with E-state index in [4.69, 9.17) is 23.8 Å². The van der Waals surface area contributed by atoms with Gasteiger partial charge in [0, 0.05) is 15.6 Å². The van der Waals surface area contributed by atoms with E-state index in [1.165, 1.54) is 17.3 Å². The fourth-order valence-electron chi connectivity index (χ4n) is 1.96. The fourth-order valence-corrected chi connectivity index (χ4v) is 3.01. The molecule has 0 atom stereocenters. The van der Waals surface area contributed by atoms with Crippen LogP contribution in [0.3, 0.4) is 0 Å². The van der Waals surface area contributed by atoms with E-state index in [9.17, 15) is 4.79 Å². The molecule has 2 aromatic rings. The number of thiocarbonyl (C=S) groups is 1. The fraction of sp³-hybridized carbons (Fsp3) is 0.222. The number of thioether (sulfide) groups is 1. The van der Waals surface area contributed by atoms with E-state index in [0.29, 0.717) is 16.1 Å². The van der Waals surface area contributed by atoms with E-state index in [-0.39, 0.29) is 11.7 Å². The Kier molecular flexibility index (Phi) is 7.09. The zero-order chi connectivity index (χ0) is 17.5. The number of hydrogen-bond donors (Lipinski definition) is 2. The maximum absolute atomic E-state index is 11.9. The lowest BCUT2D eigenvalue weighted by Crippen LogP contribution is -2.35. The van der Waals surface area contributed by atoms with E-state index in [2.05, 4.69) is 24.5 Å². The molecule has 1 amide bonds. The summed E-state index contributed by atoms with van der Waals surface area (Å²) in [5.74, 6) is 0.622. The first-order valence-corrected chi connectivity index (χ1v) is 9.30. The summed E-state index contributed by atoms with van der Waals surface area (Å²) in [6.45, 7) is 4.29. The molecule has 0 aliphatic rings. The van der Waals surface area contributed by atoms with Crippen molar-refractivity contribution in [2.45, 2.75) is 24.7 Å². The van der Waals surface area contributed by atoms with Crippen LogP contribution >= 0.6 is 35.6 Å². The molecule has 3 nitrogen and oxygen atoms in total. The van der Waals surface area contributed by atoms with Crippen LogP contribution in [0, 0.1) is 0 Å². The van der Waals surface area contributed by atoms with Crippen molar-refractivity contribution in [1.29, 1.82) is 0 Å². The number of carbonyl (C=O) groups excluding carboxylic acids is 1. The van der Waals surface area contributed by atoms with Crippen LogP contribution in [-0.2, 0) is 4.79 Å². The highest BCUT2D eigenvalue weighted by Crippen LogP contribution is 2.20. The van der Waals surface area contributed by atoms with Gasteiger partial charge in [0.15, 0.2) is 5.11 Å². The highest BCUT2D eigenvalue weighted by atomic mass is 35.5. The van der Waals surface area contributed by atoms with Gasteiger partial charge in [-0.1, -0.05) is 37.6 Å². The lowest BCUT2D eigenvalue weighted by atomic mass is 10.0.